The lowest BCUT2D eigenvalue weighted by Crippen LogP contribution is -2.26. The minimum Gasteiger partial charge on any atom is -0.505 e. The Kier molecular flexibility index (Phi) is 9.09. The van der Waals surface area contributed by atoms with Crippen LogP contribution in [0.1, 0.15) is 63.5 Å². The van der Waals surface area contributed by atoms with Crippen LogP contribution in [-0.2, 0) is 0 Å². The highest BCUT2D eigenvalue weighted by Gasteiger charge is 2.27. The molecule has 8 nitrogen and oxygen atoms in total. The summed E-state index contributed by atoms with van der Waals surface area (Å²) in [5.74, 6) is 1.30. The quantitative estimate of drug-likeness (QED) is 0.310. The second-order valence-corrected chi connectivity index (χ2v) is 11.0. The van der Waals surface area contributed by atoms with Gasteiger partial charge < -0.3 is 25.8 Å². The van der Waals surface area contributed by atoms with Gasteiger partial charge >= 0.3 is 0 Å². The number of carbonyl (C=O) groups excluding carboxylic acids is 1. The number of rotatable bonds is 5. The second-order valence-electron chi connectivity index (χ2n) is 10.5. The number of nitrogens with zero attached hydrogens (tertiary/aromatic N) is 3. The number of anilines is 2. The van der Waals surface area contributed by atoms with E-state index in [1.165, 1.54) is 28.3 Å². The van der Waals surface area contributed by atoms with Crippen LogP contribution in [0.15, 0.2) is 48.7 Å². The summed E-state index contributed by atoms with van der Waals surface area (Å²) in [6.45, 7) is 12.8. The van der Waals surface area contributed by atoms with Crippen LogP contribution in [-0.4, -0.2) is 44.4 Å². The molecule has 4 N–H and O–H groups in total. The lowest BCUT2D eigenvalue weighted by molar-refractivity contribution is 0.0824. The number of nitrogens with one attached hydrogen (secondary N) is 1. The van der Waals surface area contributed by atoms with Crippen molar-refractivity contribution < 1.29 is 14.6 Å². The topological polar surface area (TPSA) is 114 Å². The van der Waals surface area contributed by atoms with Crippen molar-refractivity contribution in [3.05, 3.63) is 59.8 Å². The van der Waals surface area contributed by atoms with Crippen LogP contribution in [0, 0.1) is 5.41 Å². The normalized spacial score (nSPS) is 12.2. The van der Waals surface area contributed by atoms with Crippen molar-refractivity contribution in [3.63, 3.8) is 0 Å². The van der Waals surface area contributed by atoms with E-state index in [4.69, 9.17) is 10.5 Å². The molecule has 0 aliphatic carbocycles. The van der Waals surface area contributed by atoms with Crippen molar-refractivity contribution in [2.75, 3.05) is 25.1 Å². The van der Waals surface area contributed by atoms with Gasteiger partial charge in [0.1, 0.15) is 11.4 Å². The van der Waals surface area contributed by atoms with Crippen LogP contribution in [0.3, 0.4) is 0 Å². The van der Waals surface area contributed by atoms with E-state index in [1.54, 1.807) is 32.4 Å². The summed E-state index contributed by atoms with van der Waals surface area (Å²) in [5, 5.41) is 12.9. The molecule has 0 bridgehead atoms. The van der Waals surface area contributed by atoms with E-state index in [-0.39, 0.29) is 40.0 Å². The molecule has 1 aromatic heterocycles. The van der Waals surface area contributed by atoms with Gasteiger partial charge in [-0.3, -0.25) is 4.79 Å². The van der Waals surface area contributed by atoms with Crippen molar-refractivity contribution in [1.82, 2.24) is 13.6 Å². The number of nitrogens with two attached hydrogens (primary N) is 1. The van der Waals surface area contributed by atoms with Crippen LogP contribution in [0.4, 0.5) is 11.5 Å². The molecule has 1 atom stereocenters. The molecule has 3 rings (SSSR count). The standard InChI is InChI=1S/C17H25N3OS.C9H12N2O2/c1-16(2,3)15(19-14-11-18-22-20-14)12-7-9-13(10-8-12)21-17(4,5)6;1-11(2)9(13)6-4-3-5-7(10)8(6)12/h7-11,15H,1-6H3,(H,19,20);3-5,12H,10H2,1-2H3. The first-order valence-corrected chi connectivity index (χ1v) is 12.0. The summed E-state index contributed by atoms with van der Waals surface area (Å²) in [7, 11) is 3.23. The van der Waals surface area contributed by atoms with E-state index >= 15 is 0 Å². The fourth-order valence-electron chi connectivity index (χ4n) is 3.23. The van der Waals surface area contributed by atoms with Gasteiger partial charge in [0.25, 0.3) is 5.91 Å². The average Bonchev–Trinajstić information content (AvgIpc) is 3.26. The molecule has 0 aliphatic rings. The number of aromatic hydroxyl groups is 1. The third-order valence-corrected chi connectivity index (χ3v) is 5.34. The summed E-state index contributed by atoms with van der Waals surface area (Å²) in [5.41, 5.74) is 6.96. The zero-order chi connectivity index (χ0) is 26.4. The van der Waals surface area contributed by atoms with Crippen molar-refractivity contribution in [2.45, 2.75) is 53.2 Å². The molecule has 0 aliphatic heterocycles. The lowest BCUT2D eigenvalue weighted by atomic mass is 9.82. The number of carbonyl (C=O) groups is 1. The van der Waals surface area contributed by atoms with Crippen molar-refractivity contribution >= 4 is 29.1 Å². The van der Waals surface area contributed by atoms with Crippen molar-refractivity contribution in [2.24, 2.45) is 5.41 Å². The number of hydrogen-bond donors (Lipinski definition) is 3. The maximum atomic E-state index is 11.4. The third-order valence-electron chi connectivity index (χ3n) is 4.86. The molecule has 35 heavy (non-hydrogen) atoms. The summed E-state index contributed by atoms with van der Waals surface area (Å²) in [6.07, 6.45) is 1.76. The van der Waals surface area contributed by atoms with Gasteiger partial charge in [-0.25, -0.2) is 0 Å². The number of benzene rings is 2. The SMILES string of the molecule is CC(C)(C)Oc1ccc(C(Nc2cnsn2)C(C)(C)C)cc1.CN(C)C(=O)c1cccc(N)c1O. The minimum absolute atomic E-state index is 0.0516. The van der Waals surface area contributed by atoms with Gasteiger partial charge in [0, 0.05) is 14.1 Å². The number of aromatic nitrogens is 2. The first-order valence-electron chi connectivity index (χ1n) is 11.3. The van der Waals surface area contributed by atoms with E-state index < -0.39 is 0 Å². The Hall–Kier alpha value is -3.33. The van der Waals surface area contributed by atoms with Gasteiger partial charge in [-0.15, -0.1) is 0 Å². The molecule has 1 amide bonds. The van der Waals surface area contributed by atoms with Crippen LogP contribution < -0.4 is 15.8 Å². The van der Waals surface area contributed by atoms with E-state index in [1.807, 2.05) is 12.1 Å². The van der Waals surface area contributed by atoms with E-state index in [2.05, 4.69) is 67.7 Å². The Bertz CT molecular complexity index is 1090. The van der Waals surface area contributed by atoms with Gasteiger partial charge in [-0.1, -0.05) is 39.0 Å². The van der Waals surface area contributed by atoms with Gasteiger partial charge in [0.05, 0.1) is 35.2 Å². The smallest absolute Gasteiger partial charge is 0.257 e. The number of para-hydroxylation sites is 1. The number of nitrogen functional groups attached to an aromatic ring is 1. The number of hydrogen-bond acceptors (Lipinski definition) is 8. The Balaban J connectivity index is 0.000000283. The zero-order valence-corrected chi connectivity index (χ0v) is 22.6. The molecule has 9 heteroatoms. The molecule has 1 heterocycles. The molecule has 190 valence electrons. The van der Waals surface area contributed by atoms with Crippen LogP contribution in [0.2, 0.25) is 0 Å². The number of ether oxygens (including phenoxy) is 1. The Morgan fingerprint density at radius 2 is 1.71 bits per heavy atom. The second kappa shape index (κ2) is 11.4. The van der Waals surface area contributed by atoms with Crippen molar-refractivity contribution in [1.29, 1.82) is 0 Å². The van der Waals surface area contributed by atoms with Gasteiger partial charge in [-0.05, 0) is 56.0 Å². The molecule has 3 aromatic rings. The average molecular weight is 500 g/mol. The van der Waals surface area contributed by atoms with E-state index in [9.17, 15) is 9.90 Å². The Labute approximate surface area is 212 Å². The highest BCUT2D eigenvalue weighted by atomic mass is 32.1. The molecular formula is C26H37N5O3S. The lowest BCUT2D eigenvalue weighted by Gasteiger charge is -2.32. The molecule has 2 aromatic carbocycles. The number of phenols is 1. The van der Waals surface area contributed by atoms with E-state index in [0.717, 1.165) is 11.6 Å². The molecule has 0 fully saturated rings. The monoisotopic (exact) mass is 499 g/mol. The Morgan fingerprint density at radius 3 is 2.20 bits per heavy atom. The number of amides is 1. The first-order chi connectivity index (χ1) is 16.2. The highest BCUT2D eigenvalue weighted by Crippen LogP contribution is 2.36. The Morgan fingerprint density at radius 1 is 1.09 bits per heavy atom. The molecule has 0 saturated carbocycles. The fraction of sp³-hybridized carbons (Fsp3) is 0.423. The van der Waals surface area contributed by atoms with Crippen LogP contribution >= 0.6 is 11.7 Å². The van der Waals surface area contributed by atoms with Gasteiger partial charge in [0.15, 0.2) is 11.6 Å². The maximum Gasteiger partial charge on any atom is 0.257 e. The molecule has 0 radical (unpaired) electrons. The van der Waals surface area contributed by atoms with Crippen molar-refractivity contribution in [3.8, 4) is 11.5 Å². The maximum absolute atomic E-state index is 11.4. The summed E-state index contributed by atoms with van der Waals surface area (Å²) < 4.78 is 14.2. The van der Waals surface area contributed by atoms with Gasteiger partial charge in [-0.2, -0.15) is 8.75 Å². The third kappa shape index (κ3) is 8.43. The molecule has 0 spiro atoms. The largest absolute Gasteiger partial charge is 0.505 e. The van der Waals surface area contributed by atoms with Gasteiger partial charge in [0.2, 0.25) is 0 Å². The van der Waals surface area contributed by atoms with E-state index in [0.29, 0.717) is 0 Å². The highest BCUT2D eigenvalue weighted by molar-refractivity contribution is 6.99. The molecular weight excluding hydrogens is 462 g/mol. The summed E-state index contributed by atoms with van der Waals surface area (Å²) in [6, 6.07) is 13.1. The first kappa shape index (κ1) is 27.9. The molecule has 1 unspecified atom stereocenters. The summed E-state index contributed by atoms with van der Waals surface area (Å²) in [4.78, 5) is 12.8. The minimum atomic E-state index is -0.259. The van der Waals surface area contributed by atoms with Crippen LogP contribution in [0.5, 0.6) is 11.5 Å². The fourth-order valence-corrected chi connectivity index (χ4v) is 3.61. The molecule has 0 saturated heterocycles. The van der Waals surface area contributed by atoms with Crippen LogP contribution in [0.25, 0.3) is 0 Å². The predicted molar refractivity (Wildman–Crippen MR) is 143 cm³/mol. The number of phenolic OH excluding ortho intramolecular Hbond substituents is 1. The zero-order valence-electron chi connectivity index (χ0n) is 21.8. The predicted octanol–water partition coefficient (Wildman–Crippen LogP) is 5.59. The summed E-state index contributed by atoms with van der Waals surface area (Å²) >= 11 is 1.21.